The summed E-state index contributed by atoms with van der Waals surface area (Å²) < 4.78 is 4.08. The topological polar surface area (TPSA) is 52.2 Å². The maximum atomic E-state index is 14.0. The first-order chi connectivity index (χ1) is 21.0. The Hall–Kier alpha value is -5.29. The normalized spacial score (nSPS) is 19.6. The highest BCUT2D eigenvalue weighted by atomic mass is 16.1. The first-order valence-corrected chi connectivity index (χ1v) is 14.9. The highest BCUT2D eigenvalue weighted by Crippen LogP contribution is 2.58. The van der Waals surface area contributed by atoms with Gasteiger partial charge in [0.15, 0.2) is 5.82 Å². The van der Waals surface area contributed by atoms with Gasteiger partial charge in [0, 0.05) is 33.2 Å². The fourth-order valence-corrected chi connectivity index (χ4v) is 8.29. The van der Waals surface area contributed by atoms with Crippen molar-refractivity contribution < 1.29 is 0 Å². The number of allylic oxidation sites excluding steroid dienone is 5. The lowest BCUT2D eigenvalue weighted by atomic mass is 9.69. The van der Waals surface area contributed by atoms with E-state index < -0.39 is 0 Å². The van der Waals surface area contributed by atoms with E-state index in [9.17, 15) is 4.79 Å². The molecule has 5 heteroatoms. The lowest BCUT2D eigenvalue weighted by molar-refractivity contribution is 0.636. The summed E-state index contributed by atoms with van der Waals surface area (Å²) in [6.07, 6.45) is 12.2. The van der Waals surface area contributed by atoms with Gasteiger partial charge in [-0.15, -0.1) is 0 Å². The Kier molecular flexibility index (Phi) is 4.09. The van der Waals surface area contributed by atoms with Crippen molar-refractivity contribution in [1.29, 1.82) is 0 Å². The van der Waals surface area contributed by atoms with Crippen molar-refractivity contribution in [3.63, 3.8) is 0 Å². The van der Waals surface area contributed by atoms with Gasteiger partial charge in [-0.05, 0) is 58.5 Å². The van der Waals surface area contributed by atoms with Crippen molar-refractivity contribution in [2.24, 2.45) is 0 Å². The molecule has 0 saturated carbocycles. The molecular weight excluding hydrogens is 528 g/mol. The summed E-state index contributed by atoms with van der Waals surface area (Å²) in [5.41, 5.74) is 11.8. The monoisotopic (exact) mass is 554 g/mol. The quantitative estimate of drug-likeness (QED) is 0.210. The summed E-state index contributed by atoms with van der Waals surface area (Å²) in [5, 5.41) is 1.20. The van der Waals surface area contributed by atoms with E-state index in [4.69, 9.17) is 4.98 Å². The van der Waals surface area contributed by atoms with Crippen molar-refractivity contribution in [2.45, 2.75) is 31.1 Å². The van der Waals surface area contributed by atoms with Crippen LogP contribution in [0.2, 0.25) is 0 Å². The molecule has 4 heterocycles. The highest BCUT2D eigenvalue weighted by molar-refractivity contribution is 6.03. The van der Waals surface area contributed by atoms with E-state index in [2.05, 4.69) is 96.2 Å². The second-order valence-electron chi connectivity index (χ2n) is 12.7. The molecular formula is C38H26N4O. The molecule has 3 aromatic carbocycles. The number of fused-ring (bicyclic) bond motifs is 11. The van der Waals surface area contributed by atoms with Crippen molar-refractivity contribution in [2.75, 3.05) is 0 Å². The van der Waals surface area contributed by atoms with Crippen molar-refractivity contribution in [3.05, 3.63) is 142 Å². The molecule has 3 aromatic heterocycles. The molecule has 1 spiro atoms. The van der Waals surface area contributed by atoms with Gasteiger partial charge in [0.25, 0.3) is 0 Å². The fraction of sp³-hybridized carbons (Fsp3) is 0.132. The van der Waals surface area contributed by atoms with Crippen LogP contribution in [0.1, 0.15) is 48.2 Å². The third kappa shape index (κ3) is 2.67. The van der Waals surface area contributed by atoms with Crippen LogP contribution in [0.15, 0.2) is 108 Å². The molecule has 4 aliphatic rings. The molecule has 3 aliphatic carbocycles. The van der Waals surface area contributed by atoms with Gasteiger partial charge in [0.2, 0.25) is 0 Å². The standard InChI is InChI=1S/C38H26N4O/c1-37(2)28-14-7-6-12-23(28)26-20-27-24-13-8-18-38-19-9-15-29(38)25-16-17-32-39-34(22-10-4-3-5-11-22)40-36(43)42(32)35(25)41(33(24)38)31(27)21-30(26)37/h3-17,19-21H,18H2,1-2H3. The minimum absolute atomic E-state index is 0.141. The average Bonchev–Trinajstić information content (AvgIpc) is 3.67. The first-order valence-electron chi connectivity index (χ1n) is 14.9. The summed E-state index contributed by atoms with van der Waals surface area (Å²) in [6.45, 7) is 4.63. The molecule has 0 saturated heterocycles. The molecule has 0 amide bonds. The molecule has 43 heavy (non-hydrogen) atoms. The number of hydrogen-bond acceptors (Lipinski definition) is 3. The van der Waals surface area contributed by atoms with Crippen molar-refractivity contribution in [3.8, 4) is 28.3 Å². The number of nitrogens with zero attached hydrogens (tertiary/aromatic N) is 4. The van der Waals surface area contributed by atoms with Gasteiger partial charge >= 0.3 is 5.69 Å². The Morgan fingerprint density at radius 1 is 0.837 bits per heavy atom. The molecule has 6 aromatic rings. The van der Waals surface area contributed by atoms with E-state index in [1.54, 1.807) is 4.40 Å². The minimum atomic E-state index is -0.324. The molecule has 0 N–H and O–H groups in total. The van der Waals surface area contributed by atoms with E-state index in [1.165, 1.54) is 44.5 Å². The summed E-state index contributed by atoms with van der Waals surface area (Å²) in [7, 11) is 0. The average molecular weight is 555 g/mol. The van der Waals surface area contributed by atoms with Crippen LogP contribution in [-0.4, -0.2) is 18.9 Å². The van der Waals surface area contributed by atoms with Gasteiger partial charge in [-0.1, -0.05) is 98.8 Å². The van der Waals surface area contributed by atoms with Crippen LogP contribution >= 0.6 is 0 Å². The fourth-order valence-electron chi connectivity index (χ4n) is 8.29. The van der Waals surface area contributed by atoms with Crippen molar-refractivity contribution in [1.82, 2.24) is 18.9 Å². The van der Waals surface area contributed by atoms with Crippen LogP contribution in [0.5, 0.6) is 0 Å². The minimum Gasteiger partial charge on any atom is -0.297 e. The maximum Gasteiger partial charge on any atom is 0.357 e. The third-order valence-corrected chi connectivity index (χ3v) is 10.2. The smallest absolute Gasteiger partial charge is 0.297 e. The molecule has 5 nitrogen and oxygen atoms in total. The second-order valence-corrected chi connectivity index (χ2v) is 12.7. The highest BCUT2D eigenvalue weighted by Gasteiger charge is 2.48. The number of rotatable bonds is 1. The van der Waals surface area contributed by atoms with E-state index in [1.807, 2.05) is 36.4 Å². The van der Waals surface area contributed by atoms with Gasteiger partial charge in [-0.25, -0.2) is 14.2 Å². The molecule has 0 fully saturated rings. The predicted molar refractivity (Wildman–Crippen MR) is 172 cm³/mol. The van der Waals surface area contributed by atoms with E-state index >= 15 is 0 Å². The van der Waals surface area contributed by atoms with E-state index in [0.717, 1.165) is 28.9 Å². The first kappa shape index (κ1) is 23.3. The third-order valence-electron chi connectivity index (χ3n) is 10.2. The largest absolute Gasteiger partial charge is 0.357 e. The molecule has 1 unspecified atom stereocenters. The molecule has 1 aliphatic heterocycles. The Bertz CT molecular complexity index is 2420. The Balaban J connectivity index is 1.36. The molecule has 10 rings (SSSR count). The zero-order chi connectivity index (χ0) is 28.7. The lowest BCUT2D eigenvalue weighted by Gasteiger charge is -2.40. The summed E-state index contributed by atoms with van der Waals surface area (Å²) in [6, 6.07) is 27.4. The van der Waals surface area contributed by atoms with Gasteiger partial charge in [-0.2, -0.15) is 4.98 Å². The van der Waals surface area contributed by atoms with Gasteiger partial charge in [0.05, 0.1) is 10.9 Å². The summed E-state index contributed by atoms with van der Waals surface area (Å²) in [4.78, 5) is 23.5. The predicted octanol–water partition coefficient (Wildman–Crippen LogP) is 7.63. The van der Waals surface area contributed by atoms with Gasteiger partial charge in [0.1, 0.15) is 11.5 Å². The number of hydrogen-bond donors (Lipinski definition) is 0. The number of aromatic nitrogens is 4. The van der Waals surface area contributed by atoms with Crippen LogP contribution in [-0.2, 0) is 10.8 Å². The lowest BCUT2D eigenvalue weighted by Crippen LogP contribution is -2.35. The Morgan fingerprint density at radius 2 is 1.67 bits per heavy atom. The van der Waals surface area contributed by atoms with Crippen LogP contribution in [0.4, 0.5) is 0 Å². The van der Waals surface area contributed by atoms with Crippen LogP contribution in [0.25, 0.3) is 56.5 Å². The van der Waals surface area contributed by atoms with E-state index in [-0.39, 0.29) is 16.5 Å². The van der Waals surface area contributed by atoms with Gasteiger partial charge < -0.3 is 0 Å². The van der Waals surface area contributed by atoms with Crippen LogP contribution < -0.4 is 5.69 Å². The van der Waals surface area contributed by atoms with Gasteiger partial charge in [-0.3, -0.25) is 4.57 Å². The van der Waals surface area contributed by atoms with Crippen molar-refractivity contribution >= 4 is 28.2 Å². The molecule has 0 radical (unpaired) electrons. The summed E-state index contributed by atoms with van der Waals surface area (Å²) in [5.74, 6) is 1.26. The SMILES string of the molecule is CC1(C)c2ccccc2-c2cc3c4c5n(c3cc21)-c1c(ccc2nc(-c3ccccc3)nc(=O)n12)C1=CC=CC15CC=C4. The molecule has 0 bridgehead atoms. The Labute approximate surface area is 247 Å². The molecule has 1 atom stereocenters. The van der Waals surface area contributed by atoms with Crippen LogP contribution in [0.3, 0.4) is 0 Å². The zero-order valence-corrected chi connectivity index (χ0v) is 23.8. The Morgan fingerprint density at radius 3 is 2.56 bits per heavy atom. The number of benzene rings is 3. The van der Waals surface area contributed by atoms with Crippen LogP contribution in [0, 0.1) is 0 Å². The number of pyridine rings is 1. The molecule has 204 valence electrons. The second kappa shape index (κ2) is 7.56. The summed E-state index contributed by atoms with van der Waals surface area (Å²) >= 11 is 0. The van der Waals surface area contributed by atoms with E-state index in [0.29, 0.717) is 11.5 Å². The maximum absolute atomic E-state index is 14.0. The zero-order valence-electron chi connectivity index (χ0n) is 23.8.